The number of hydrogen-bond donors (Lipinski definition) is 0. The Kier molecular flexibility index (Phi) is 5.71. The SMILES string of the molecule is CC(C)(C)c1cc(-c2ccc3c4c2C(C)(C)c2cccc(c2)-c2cccc(c24)n3-c2ccccc2)cc(C(C)(C)C)c1. The van der Waals surface area contributed by atoms with Crippen LogP contribution in [0.1, 0.15) is 77.6 Å². The molecule has 7 rings (SSSR count). The van der Waals surface area contributed by atoms with Gasteiger partial charge in [-0.1, -0.05) is 134 Å². The molecule has 0 unspecified atom stereocenters. The van der Waals surface area contributed by atoms with Crippen LogP contribution >= 0.6 is 0 Å². The lowest BCUT2D eigenvalue weighted by Crippen LogP contribution is -2.22. The van der Waals surface area contributed by atoms with Gasteiger partial charge in [0.05, 0.1) is 11.0 Å². The Labute approximate surface area is 250 Å². The van der Waals surface area contributed by atoms with E-state index in [1.807, 2.05) is 0 Å². The molecular weight excluding hydrogens is 506 g/mol. The largest absolute Gasteiger partial charge is 0.309 e. The molecule has 210 valence electrons. The number of rotatable bonds is 2. The molecule has 1 heteroatoms. The Balaban J connectivity index is 1.70. The van der Waals surface area contributed by atoms with E-state index in [-0.39, 0.29) is 16.2 Å². The molecule has 0 fully saturated rings. The van der Waals surface area contributed by atoms with Crippen LogP contribution in [0.4, 0.5) is 0 Å². The third-order valence-corrected chi connectivity index (χ3v) is 9.47. The predicted molar refractivity (Wildman–Crippen MR) is 181 cm³/mol. The van der Waals surface area contributed by atoms with Crippen LogP contribution in [0.5, 0.6) is 0 Å². The van der Waals surface area contributed by atoms with Gasteiger partial charge in [-0.2, -0.15) is 0 Å². The molecule has 0 radical (unpaired) electrons. The lowest BCUT2D eigenvalue weighted by Gasteiger charge is -2.33. The van der Waals surface area contributed by atoms with E-state index in [4.69, 9.17) is 0 Å². The molecule has 0 N–H and O–H groups in total. The van der Waals surface area contributed by atoms with E-state index < -0.39 is 0 Å². The van der Waals surface area contributed by atoms with Gasteiger partial charge in [0.25, 0.3) is 0 Å². The zero-order valence-electron chi connectivity index (χ0n) is 26.3. The molecular formula is C41H41N. The van der Waals surface area contributed by atoms with Crippen molar-refractivity contribution in [1.29, 1.82) is 0 Å². The molecule has 1 aromatic heterocycles. The van der Waals surface area contributed by atoms with Crippen LogP contribution < -0.4 is 0 Å². The lowest BCUT2D eigenvalue weighted by atomic mass is 9.70. The second-order valence-electron chi connectivity index (χ2n) is 14.8. The van der Waals surface area contributed by atoms with E-state index >= 15 is 0 Å². The van der Waals surface area contributed by atoms with Gasteiger partial charge in [-0.25, -0.2) is 0 Å². The summed E-state index contributed by atoms with van der Waals surface area (Å²) in [5.74, 6) is 0. The predicted octanol–water partition coefficient (Wildman–Crippen LogP) is 11.4. The minimum Gasteiger partial charge on any atom is -0.309 e. The standard InChI is InChI=1S/C41H41N/c1-39(2,3)29-23-27(24-30(25-29)40(4,5)6)33-20-21-35-37-36-32(26-14-12-15-28(22-26)41(7,8)38(33)37)18-13-19-34(36)42(35)31-16-10-9-11-17-31/h9-25H,1-8H3. The average Bonchev–Trinajstić information content (AvgIpc) is 3.30. The molecule has 0 saturated heterocycles. The summed E-state index contributed by atoms with van der Waals surface area (Å²) in [5.41, 5.74) is 14.4. The fourth-order valence-corrected chi connectivity index (χ4v) is 7.00. The Morgan fingerprint density at radius 1 is 0.524 bits per heavy atom. The van der Waals surface area contributed by atoms with Crippen molar-refractivity contribution in [2.24, 2.45) is 0 Å². The first-order valence-electron chi connectivity index (χ1n) is 15.3. The zero-order chi connectivity index (χ0) is 29.6. The minimum absolute atomic E-state index is 0.0477. The van der Waals surface area contributed by atoms with Crippen LogP contribution in [-0.4, -0.2) is 4.57 Å². The maximum absolute atomic E-state index is 2.47. The van der Waals surface area contributed by atoms with Gasteiger partial charge in [0.1, 0.15) is 0 Å². The summed E-state index contributed by atoms with van der Waals surface area (Å²) in [4.78, 5) is 0. The highest BCUT2D eigenvalue weighted by Crippen LogP contribution is 2.51. The molecule has 6 aromatic rings. The maximum Gasteiger partial charge on any atom is 0.0547 e. The van der Waals surface area contributed by atoms with Gasteiger partial charge in [-0.05, 0) is 79.6 Å². The molecule has 0 spiro atoms. The zero-order valence-corrected chi connectivity index (χ0v) is 26.3. The number of fused-ring (bicyclic) bond motifs is 3. The fraction of sp³-hybridized carbons (Fsp3) is 0.268. The summed E-state index contributed by atoms with van der Waals surface area (Å²) >= 11 is 0. The minimum atomic E-state index is -0.214. The molecule has 0 amide bonds. The molecule has 42 heavy (non-hydrogen) atoms. The number of aromatic nitrogens is 1. The quantitative estimate of drug-likeness (QED) is 0.203. The molecule has 1 aliphatic carbocycles. The summed E-state index contributed by atoms with van der Waals surface area (Å²) in [6.07, 6.45) is 0. The fourth-order valence-electron chi connectivity index (χ4n) is 7.00. The highest BCUT2D eigenvalue weighted by Gasteiger charge is 2.34. The van der Waals surface area contributed by atoms with E-state index in [0.29, 0.717) is 0 Å². The highest BCUT2D eigenvalue weighted by molar-refractivity contribution is 6.19. The Morgan fingerprint density at radius 2 is 1.17 bits per heavy atom. The Bertz CT molecular complexity index is 1970. The molecule has 2 bridgehead atoms. The van der Waals surface area contributed by atoms with Crippen molar-refractivity contribution in [3.05, 3.63) is 125 Å². The second-order valence-corrected chi connectivity index (χ2v) is 14.8. The van der Waals surface area contributed by atoms with Crippen molar-refractivity contribution in [2.75, 3.05) is 0 Å². The first kappa shape index (κ1) is 26.8. The molecule has 0 atom stereocenters. The number of benzene rings is 5. The first-order valence-corrected chi connectivity index (χ1v) is 15.3. The van der Waals surface area contributed by atoms with Crippen molar-refractivity contribution < 1.29 is 0 Å². The molecule has 1 aliphatic rings. The van der Waals surface area contributed by atoms with Gasteiger partial charge in [-0.3, -0.25) is 0 Å². The second kappa shape index (κ2) is 8.95. The van der Waals surface area contributed by atoms with Gasteiger partial charge < -0.3 is 4.57 Å². The third kappa shape index (κ3) is 3.97. The van der Waals surface area contributed by atoms with E-state index in [1.54, 1.807) is 0 Å². The summed E-state index contributed by atoms with van der Waals surface area (Å²) in [6, 6.07) is 39.0. The Morgan fingerprint density at radius 3 is 1.83 bits per heavy atom. The van der Waals surface area contributed by atoms with Crippen LogP contribution in [-0.2, 0) is 16.2 Å². The molecule has 0 saturated carbocycles. The molecule has 5 aromatic carbocycles. The smallest absolute Gasteiger partial charge is 0.0547 e. The average molecular weight is 548 g/mol. The van der Waals surface area contributed by atoms with E-state index in [1.165, 1.54) is 72.0 Å². The summed E-state index contributed by atoms with van der Waals surface area (Å²) in [7, 11) is 0. The van der Waals surface area contributed by atoms with Gasteiger partial charge in [0, 0.05) is 21.9 Å². The molecule has 1 heterocycles. The van der Waals surface area contributed by atoms with Crippen molar-refractivity contribution >= 4 is 21.8 Å². The van der Waals surface area contributed by atoms with E-state index in [9.17, 15) is 0 Å². The Hall–Kier alpha value is -4.10. The number of nitrogens with zero attached hydrogens (tertiary/aromatic N) is 1. The number of hydrogen-bond acceptors (Lipinski definition) is 0. The van der Waals surface area contributed by atoms with Gasteiger partial charge in [0.15, 0.2) is 0 Å². The maximum atomic E-state index is 2.47. The summed E-state index contributed by atoms with van der Waals surface area (Å²) in [5, 5.41) is 2.72. The van der Waals surface area contributed by atoms with E-state index in [2.05, 4.69) is 163 Å². The summed E-state index contributed by atoms with van der Waals surface area (Å²) < 4.78 is 2.47. The lowest BCUT2D eigenvalue weighted by molar-refractivity contribution is 0.569. The molecule has 0 aliphatic heterocycles. The van der Waals surface area contributed by atoms with Crippen LogP contribution in [0.25, 0.3) is 49.7 Å². The number of para-hydroxylation sites is 1. The topological polar surface area (TPSA) is 4.93 Å². The van der Waals surface area contributed by atoms with Crippen LogP contribution in [0.2, 0.25) is 0 Å². The third-order valence-electron chi connectivity index (χ3n) is 9.47. The van der Waals surface area contributed by atoms with E-state index in [0.717, 1.165) is 0 Å². The first-order chi connectivity index (χ1) is 19.9. The van der Waals surface area contributed by atoms with Gasteiger partial charge in [0.2, 0.25) is 0 Å². The van der Waals surface area contributed by atoms with Gasteiger partial charge in [-0.15, -0.1) is 0 Å². The monoisotopic (exact) mass is 547 g/mol. The van der Waals surface area contributed by atoms with Crippen LogP contribution in [0, 0.1) is 0 Å². The van der Waals surface area contributed by atoms with Gasteiger partial charge >= 0.3 is 0 Å². The van der Waals surface area contributed by atoms with Crippen molar-refractivity contribution in [3.8, 4) is 27.9 Å². The van der Waals surface area contributed by atoms with Crippen LogP contribution in [0.15, 0.2) is 103 Å². The van der Waals surface area contributed by atoms with Crippen molar-refractivity contribution in [1.82, 2.24) is 4.57 Å². The molecule has 1 nitrogen and oxygen atoms in total. The normalized spacial score (nSPS) is 14.4. The van der Waals surface area contributed by atoms with Crippen molar-refractivity contribution in [3.63, 3.8) is 0 Å². The van der Waals surface area contributed by atoms with Crippen molar-refractivity contribution in [2.45, 2.75) is 71.6 Å². The highest BCUT2D eigenvalue weighted by atomic mass is 15.0. The summed E-state index contributed by atoms with van der Waals surface area (Å²) in [6.45, 7) is 18.8. The van der Waals surface area contributed by atoms with Crippen LogP contribution in [0.3, 0.4) is 0 Å².